The molecule has 0 aliphatic rings. The number of nitrogens with zero attached hydrogens (tertiary/aromatic N) is 2. The summed E-state index contributed by atoms with van der Waals surface area (Å²) >= 11 is 3.51. The third kappa shape index (κ3) is 5.24. The lowest BCUT2D eigenvalue weighted by atomic mass is 9.91. The Hall–Kier alpha value is -0.400. The fourth-order valence-electron chi connectivity index (χ4n) is 1.67. The topological polar surface area (TPSA) is 64.0 Å². The minimum atomic E-state index is -3.52. The van der Waals surface area contributed by atoms with E-state index in [1.54, 1.807) is 18.5 Å². The van der Waals surface area contributed by atoms with Crippen LogP contribution in [-0.2, 0) is 17.1 Å². The van der Waals surface area contributed by atoms with Crippen LogP contribution in [0.1, 0.15) is 33.0 Å². The molecule has 0 saturated carbocycles. The van der Waals surface area contributed by atoms with Crippen molar-refractivity contribution in [3.63, 3.8) is 0 Å². The van der Waals surface area contributed by atoms with Gasteiger partial charge >= 0.3 is 0 Å². The fraction of sp³-hybridized carbons (Fsp3) is 0.750. The van der Waals surface area contributed by atoms with Gasteiger partial charge in [0.05, 0.1) is 0 Å². The summed E-state index contributed by atoms with van der Waals surface area (Å²) in [6.45, 7) is 8.49. The van der Waals surface area contributed by atoms with E-state index in [0.29, 0.717) is 12.4 Å². The van der Waals surface area contributed by atoms with Crippen molar-refractivity contribution in [1.29, 1.82) is 0 Å². The zero-order valence-corrected chi connectivity index (χ0v) is 14.5. The maximum absolute atomic E-state index is 12.1. The van der Waals surface area contributed by atoms with Gasteiger partial charge < -0.3 is 4.57 Å². The van der Waals surface area contributed by atoms with E-state index in [2.05, 4.69) is 46.4 Å². The number of hydrogen-bond acceptors (Lipinski definition) is 3. The van der Waals surface area contributed by atoms with Crippen LogP contribution in [0.4, 0.5) is 0 Å². The van der Waals surface area contributed by atoms with Crippen molar-refractivity contribution < 1.29 is 8.42 Å². The van der Waals surface area contributed by atoms with Gasteiger partial charge in [0.25, 0.3) is 10.0 Å². The fourth-order valence-corrected chi connectivity index (χ4v) is 4.13. The molecule has 0 fully saturated rings. The summed E-state index contributed by atoms with van der Waals surface area (Å²) in [6, 6.07) is 0. The van der Waals surface area contributed by atoms with Gasteiger partial charge in [-0.1, -0.05) is 36.7 Å². The van der Waals surface area contributed by atoms with E-state index in [1.165, 1.54) is 6.20 Å². The summed E-state index contributed by atoms with van der Waals surface area (Å²) in [5, 5.41) is 0.0722. The lowest BCUT2D eigenvalue weighted by molar-refractivity contribution is 0.373. The third-order valence-electron chi connectivity index (χ3n) is 2.69. The first-order valence-electron chi connectivity index (χ1n) is 6.15. The maximum atomic E-state index is 12.1. The van der Waals surface area contributed by atoms with Crippen LogP contribution in [0.3, 0.4) is 0 Å². The van der Waals surface area contributed by atoms with E-state index < -0.39 is 10.0 Å². The Labute approximate surface area is 124 Å². The molecule has 0 aromatic carbocycles. The Balaban J connectivity index is 2.66. The zero-order chi connectivity index (χ0) is 14.8. The summed E-state index contributed by atoms with van der Waals surface area (Å²) in [5.74, 6) is 0.672. The lowest BCUT2D eigenvalue weighted by Gasteiger charge is -2.22. The molecular weight excluding hydrogens is 330 g/mol. The molecule has 0 spiro atoms. The number of hydrogen-bond donors (Lipinski definition) is 1. The van der Waals surface area contributed by atoms with Crippen LogP contribution < -0.4 is 4.72 Å². The van der Waals surface area contributed by atoms with Crippen molar-refractivity contribution in [2.75, 3.05) is 6.54 Å². The summed E-state index contributed by atoms with van der Waals surface area (Å²) in [6.07, 6.45) is 2.40. The van der Waals surface area contributed by atoms with Gasteiger partial charge in [-0.2, -0.15) is 0 Å². The van der Waals surface area contributed by atoms with E-state index in [-0.39, 0.29) is 15.3 Å². The molecule has 110 valence electrons. The molecule has 0 amide bonds. The van der Waals surface area contributed by atoms with Crippen LogP contribution in [0.25, 0.3) is 0 Å². The van der Waals surface area contributed by atoms with Gasteiger partial charge in [-0.05, 0) is 18.8 Å². The molecule has 0 saturated heterocycles. The Kier molecular flexibility index (Phi) is 5.20. The van der Waals surface area contributed by atoms with Crippen molar-refractivity contribution in [3.05, 3.63) is 12.0 Å². The smallest absolute Gasteiger partial charge is 0.259 e. The summed E-state index contributed by atoms with van der Waals surface area (Å²) < 4.78 is 28.4. The number of imidazole rings is 1. The Morgan fingerprint density at radius 3 is 2.47 bits per heavy atom. The standard InChI is InChI=1S/C12H22BrN3O2S/c1-9-15-11(8-16(9)5)19(17,18)14-7-10(13)6-12(2,3)4/h8,10,14H,6-7H2,1-5H3. The van der Waals surface area contributed by atoms with Gasteiger partial charge in [0.2, 0.25) is 0 Å². The first kappa shape index (κ1) is 16.7. The summed E-state index contributed by atoms with van der Waals surface area (Å²) in [5.41, 5.74) is 0.154. The van der Waals surface area contributed by atoms with E-state index in [9.17, 15) is 8.42 Å². The highest BCUT2D eigenvalue weighted by atomic mass is 79.9. The van der Waals surface area contributed by atoms with Crippen LogP contribution in [0.15, 0.2) is 11.2 Å². The lowest BCUT2D eigenvalue weighted by Crippen LogP contribution is -2.31. The number of aryl methyl sites for hydroxylation is 2. The van der Waals surface area contributed by atoms with Crippen molar-refractivity contribution in [3.8, 4) is 0 Å². The average Bonchev–Trinajstić information content (AvgIpc) is 2.55. The molecule has 1 aromatic rings. The van der Waals surface area contributed by atoms with Crippen molar-refractivity contribution in [2.45, 2.75) is 44.0 Å². The van der Waals surface area contributed by atoms with Crippen molar-refractivity contribution in [2.24, 2.45) is 12.5 Å². The summed E-state index contributed by atoms with van der Waals surface area (Å²) in [4.78, 5) is 4.14. The van der Waals surface area contributed by atoms with E-state index in [1.807, 2.05) is 0 Å². The maximum Gasteiger partial charge on any atom is 0.259 e. The Morgan fingerprint density at radius 1 is 1.47 bits per heavy atom. The zero-order valence-electron chi connectivity index (χ0n) is 12.1. The van der Waals surface area contributed by atoms with E-state index in [0.717, 1.165) is 6.42 Å². The molecule has 1 atom stereocenters. The minimum absolute atomic E-state index is 0.0722. The van der Waals surface area contributed by atoms with Gasteiger partial charge in [-0.25, -0.2) is 18.1 Å². The molecule has 1 aromatic heterocycles. The molecule has 1 rings (SSSR count). The predicted octanol–water partition coefficient (Wildman–Crippen LogP) is 2.21. The highest BCUT2D eigenvalue weighted by Gasteiger charge is 2.22. The first-order valence-corrected chi connectivity index (χ1v) is 8.55. The van der Waals surface area contributed by atoms with Gasteiger partial charge in [0.1, 0.15) is 5.82 Å². The van der Waals surface area contributed by atoms with Crippen molar-refractivity contribution in [1.82, 2.24) is 14.3 Å². The quantitative estimate of drug-likeness (QED) is 0.827. The van der Waals surface area contributed by atoms with Crippen molar-refractivity contribution >= 4 is 26.0 Å². The predicted molar refractivity (Wildman–Crippen MR) is 79.9 cm³/mol. The molecule has 7 heteroatoms. The van der Waals surface area contributed by atoms with Gasteiger partial charge in [0.15, 0.2) is 5.03 Å². The Morgan fingerprint density at radius 2 is 2.05 bits per heavy atom. The second-order valence-electron chi connectivity index (χ2n) is 5.95. The number of aromatic nitrogens is 2. The van der Waals surface area contributed by atoms with E-state index >= 15 is 0 Å². The molecule has 1 heterocycles. The molecule has 0 radical (unpaired) electrons. The molecular formula is C12H22BrN3O2S. The van der Waals surface area contributed by atoms with Crippen LogP contribution >= 0.6 is 15.9 Å². The highest BCUT2D eigenvalue weighted by molar-refractivity contribution is 9.09. The number of halogens is 1. The van der Waals surface area contributed by atoms with Crippen LogP contribution in [0, 0.1) is 12.3 Å². The van der Waals surface area contributed by atoms with Gasteiger partial charge in [-0.15, -0.1) is 0 Å². The number of rotatable bonds is 5. The third-order valence-corrected chi connectivity index (χ3v) is 4.63. The molecule has 5 nitrogen and oxygen atoms in total. The molecule has 1 N–H and O–H groups in total. The van der Waals surface area contributed by atoms with Crippen LogP contribution in [0.2, 0.25) is 0 Å². The van der Waals surface area contributed by atoms with Crippen LogP contribution in [-0.4, -0.2) is 29.3 Å². The van der Waals surface area contributed by atoms with E-state index in [4.69, 9.17) is 0 Å². The van der Waals surface area contributed by atoms with Gasteiger partial charge in [-0.3, -0.25) is 0 Å². The monoisotopic (exact) mass is 351 g/mol. The normalized spacial score (nSPS) is 14.6. The SMILES string of the molecule is Cc1nc(S(=O)(=O)NCC(Br)CC(C)(C)C)cn1C. The highest BCUT2D eigenvalue weighted by Crippen LogP contribution is 2.24. The molecule has 19 heavy (non-hydrogen) atoms. The number of nitrogens with one attached hydrogen (secondary N) is 1. The molecule has 0 aliphatic carbocycles. The molecule has 0 bridgehead atoms. The Bertz CT molecular complexity index is 512. The number of sulfonamides is 1. The second-order valence-corrected chi connectivity index (χ2v) is 8.96. The summed E-state index contributed by atoms with van der Waals surface area (Å²) in [7, 11) is -1.75. The number of alkyl halides is 1. The molecule has 0 aliphatic heterocycles. The largest absolute Gasteiger partial charge is 0.337 e. The second kappa shape index (κ2) is 5.93. The average molecular weight is 352 g/mol. The van der Waals surface area contributed by atoms with Crippen LogP contribution in [0.5, 0.6) is 0 Å². The van der Waals surface area contributed by atoms with Gasteiger partial charge in [0, 0.05) is 24.6 Å². The first-order chi connectivity index (χ1) is 8.51. The minimum Gasteiger partial charge on any atom is -0.337 e. The molecule has 1 unspecified atom stereocenters.